The number of aryl methyl sites for hydroxylation is 1. The van der Waals surface area contributed by atoms with Gasteiger partial charge in [0, 0.05) is 36.9 Å². The third kappa shape index (κ3) is 3.26. The van der Waals surface area contributed by atoms with Gasteiger partial charge in [-0.15, -0.1) is 0 Å². The lowest BCUT2D eigenvalue weighted by Gasteiger charge is -2.24. The molecule has 0 saturated carbocycles. The van der Waals surface area contributed by atoms with Gasteiger partial charge in [0.2, 0.25) is 0 Å². The molecule has 1 aromatic carbocycles. The molecular weight excluding hydrogens is 298 g/mol. The van der Waals surface area contributed by atoms with Crippen LogP contribution in [0.5, 0.6) is 0 Å². The second kappa shape index (κ2) is 6.61. The van der Waals surface area contributed by atoms with Gasteiger partial charge >= 0.3 is 0 Å². The maximum Gasteiger partial charge on any atom is 0.0991 e. The lowest BCUT2D eigenvalue weighted by molar-refractivity contribution is 0.219. The van der Waals surface area contributed by atoms with E-state index >= 15 is 0 Å². The minimum absolute atomic E-state index is 0.581. The van der Waals surface area contributed by atoms with E-state index in [2.05, 4.69) is 57.1 Å². The fourth-order valence-electron chi connectivity index (χ4n) is 3.51. The maximum atomic E-state index is 4.44. The monoisotopic (exact) mass is 321 g/mol. The van der Waals surface area contributed by atoms with E-state index in [1.165, 1.54) is 30.5 Å². The van der Waals surface area contributed by atoms with Crippen molar-refractivity contribution in [2.24, 2.45) is 0 Å². The zero-order valence-corrected chi connectivity index (χ0v) is 14.0. The van der Waals surface area contributed by atoms with Crippen LogP contribution in [-0.4, -0.2) is 36.8 Å². The molecule has 1 aliphatic heterocycles. The van der Waals surface area contributed by atoms with Gasteiger partial charge < -0.3 is 4.57 Å². The van der Waals surface area contributed by atoms with Gasteiger partial charge in [-0.3, -0.25) is 9.58 Å². The van der Waals surface area contributed by atoms with Crippen LogP contribution in [0, 0.1) is 6.92 Å². The Balaban J connectivity index is 1.42. The number of imidazole rings is 1. The molecule has 0 unspecified atom stereocenters. The molecule has 1 aliphatic rings. The SMILES string of the molecule is Cc1cnn(C[C@@H]2CCCN2Cc2ccc(-n3ccnc3)cc2)c1. The highest BCUT2D eigenvalue weighted by Gasteiger charge is 2.25. The van der Waals surface area contributed by atoms with Gasteiger partial charge in [-0.05, 0) is 49.6 Å². The summed E-state index contributed by atoms with van der Waals surface area (Å²) in [5.74, 6) is 0. The highest BCUT2D eigenvalue weighted by atomic mass is 15.3. The Kier molecular flexibility index (Phi) is 4.17. The third-order valence-corrected chi connectivity index (χ3v) is 4.78. The van der Waals surface area contributed by atoms with Crippen LogP contribution in [0.1, 0.15) is 24.0 Å². The van der Waals surface area contributed by atoms with E-state index in [-0.39, 0.29) is 0 Å². The van der Waals surface area contributed by atoms with E-state index in [1.54, 1.807) is 6.20 Å². The number of likely N-dealkylation sites (tertiary alicyclic amines) is 1. The molecule has 1 saturated heterocycles. The number of benzene rings is 1. The van der Waals surface area contributed by atoms with Gasteiger partial charge in [-0.1, -0.05) is 12.1 Å². The zero-order valence-electron chi connectivity index (χ0n) is 14.0. The molecule has 0 aliphatic carbocycles. The smallest absolute Gasteiger partial charge is 0.0991 e. The molecular formula is C19H23N5. The number of hydrogen-bond acceptors (Lipinski definition) is 3. The molecule has 4 rings (SSSR count). The Morgan fingerprint density at radius 1 is 1.21 bits per heavy atom. The van der Waals surface area contributed by atoms with Crippen molar-refractivity contribution in [3.05, 3.63) is 66.5 Å². The first kappa shape index (κ1) is 15.1. The number of nitrogens with zero attached hydrogens (tertiary/aromatic N) is 5. The molecule has 5 heteroatoms. The summed E-state index contributed by atoms with van der Waals surface area (Å²) in [5.41, 5.74) is 3.75. The summed E-state index contributed by atoms with van der Waals surface area (Å²) < 4.78 is 4.11. The van der Waals surface area contributed by atoms with Crippen LogP contribution in [0.2, 0.25) is 0 Å². The molecule has 2 aromatic heterocycles. The van der Waals surface area contributed by atoms with Crippen LogP contribution < -0.4 is 0 Å². The highest BCUT2D eigenvalue weighted by molar-refractivity contribution is 5.34. The van der Waals surface area contributed by atoms with Crippen molar-refractivity contribution in [2.45, 2.75) is 38.9 Å². The summed E-state index contributed by atoms with van der Waals surface area (Å²) in [4.78, 5) is 6.69. The van der Waals surface area contributed by atoms with E-state index in [9.17, 15) is 0 Å². The molecule has 0 amide bonds. The summed E-state index contributed by atoms with van der Waals surface area (Å²) in [5, 5.41) is 4.44. The predicted octanol–water partition coefficient (Wildman–Crippen LogP) is 3.04. The van der Waals surface area contributed by atoms with Gasteiger partial charge in [0.15, 0.2) is 0 Å². The first-order chi connectivity index (χ1) is 11.8. The van der Waals surface area contributed by atoms with Gasteiger partial charge in [0.25, 0.3) is 0 Å². The summed E-state index contributed by atoms with van der Waals surface area (Å²) >= 11 is 0. The first-order valence-corrected chi connectivity index (χ1v) is 8.58. The Labute approximate surface area is 142 Å². The zero-order chi connectivity index (χ0) is 16.4. The molecule has 1 fully saturated rings. The standard InChI is InChI=1S/C19H23N5/c1-16-11-21-24(12-16)14-19-3-2-9-22(19)13-17-4-6-18(7-5-17)23-10-8-20-15-23/h4-8,10-12,15,19H,2-3,9,13-14H2,1H3/t19-/m0/s1. The number of aromatic nitrogens is 4. The fraction of sp³-hybridized carbons (Fsp3) is 0.368. The van der Waals surface area contributed by atoms with E-state index in [0.717, 1.165) is 18.8 Å². The summed E-state index contributed by atoms with van der Waals surface area (Å²) in [6, 6.07) is 9.36. The lowest BCUT2D eigenvalue weighted by atomic mass is 10.1. The molecule has 1 atom stereocenters. The van der Waals surface area contributed by atoms with Crippen molar-refractivity contribution in [2.75, 3.05) is 6.54 Å². The van der Waals surface area contributed by atoms with Crippen molar-refractivity contribution in [3.8, 4) is 5.69 Å². The van der Waals surface area contributed by atoms with Crippen molar-refractivity contribution >= 4 is 0 Å². The van der Waals surface area contributed by atoms with Crippen LogP contribution in [0.25, 0.3) is 5.69 Å². The van der Waals surface area contributed by atoms with Crippen LogP contribution >= 0.6 is 0 Å². The Bertz CT molecular complexity index is 772. The Hall–Kier alpha value is -2.40. The molecule has 0 radical (unpaired) electrons. The Morgan fingerprint density at radius 2 is 2.08 bits per heavy atom. The topological polar surface area (TPSA) is 38.9 Å². The summed E-state index contributed by atoms with van der Waals surface area (Å²) in [7, 11) is 0. The minimum Gasteiger partial charge on any atom is -0.306 e. The molecule has 0 N–H and O–H groups in total. The van der Waals surface area contributed by atoms with Crippen molar-refractivity contribution in [3.63, 3.8) is 0 Å². The van der Waals surface area contributed by atoms with Crippen molar-refractivity contribution in [1.29, 1.82) is 0 Å². The van der Waals surface area contributed by atoms with E-state index in [1.807, 2.05) is 23.3 Å². The first-order valence-electron chi connectivity index (χ1n) is 8.58. The molecule has 3 heterocycles. The second-order valence-corrected chi connectivity index (χ2v) is 6.64. The molecule has 5 nitrogen and oxygen atoms in total. The van der Waals surface area contributed by atoms with Crippen molar-refractivity contribution < 1.29 is 0 Å². The fourth-order valence-corrected chi connectivity index (χ4v) is 3.51. The van der Waals surface area contributed by atoms with Crippen LogP contribution in [0.3, 0.4) is 0 Å². The van der Waals surface area contributed by atoms with E-state index in [0.29, 0.717) is 6.04 Å². The van der Waals surface area contributed by atoms with E-state index < -0.39 is 0 Å². The van der Waals surface area contributed by atoms with Gasteiger partial charge in [0.1, 0.15) is 0 Å². The van der Waals surface area contributed by atoms with Gasteiger partial charge in [0.05, 0.1) is 19.1 Å². The molecule has 0 bridgehead atoms. The highest BCUT2D eigenvalue weighted by Crippen LogP contribution is 2.22. The second-order valence-electron chi connectivity index (χ2n) is 6.64. The minimum atomic E-state index is 0.581. The summed E-state index contributed by atoms with van der Waals surface area (Å²) in [6.45, 7) is 5.27. The quantitative estimate of drug-likeness (QED) is 0.725. The van der Waals surface area contributed by atoms with Crippen LogP contribution in [0.4, 0.5) is 0 Å². The normalized spacial score (nSPS) is 18.3. The number of hydrogen-bond donors (Lipinski definition) is 0. The van der Waals surface area contributed by atoms with Gasteiger partial charge in [-0.25, -0.2) is 4.98 Å². The van der Waals surface area contributed by atoms with Gasteiger partial charge in [-0.2, -0.15) is 5.10 Å². The third-order valence-electron chi connectivity index (χ3n) is 4.78. The average molecular weight is 321 g/mol. The van der Waals surface area contributed by atoms with Crippen molar-refractivity contribution in [1.82, 2.24) is 24.2 Å². The molecule has 24 heavy (non-hydrogen) atoms. The Morgan fingerprint density at radius 3 is 2.79 bits per heavy atom. The maximum absolute atomic E-state index is 4.44. The average Bonchev–Trinajstić information content (AvgIpc) is 3.32. The summed E-state index contributed by atoms with van der Waals surface area (Å²) in [6.07, 6.45) is 12.2. The van der Waals surface area contributed by atoms with Crippen LogP contribution in [-0.2, 0) is 13.1 Å². The molecule has 3 aromatic rings. The van der Waals surface area contributed by atoms with E-state index in [4.69, 9.17) is 0 Å². The lowest BCUT2D eigenvalue weighted by Crippen LogP contribution is -2.32. The number of rotatable bonds is 5. The predicted molar refractivity (Wildman–Crippen MR) is 94.0 cm³/mol. The molecule has 124 valence electrons. The largest absolute Gasteiger partial charge is 0.306 e. The molecule has 0 spiro atoms. The van der Waals surface area contributed by atoms with Crippen LogP contribution in [0.15, 0.2) is 55.4 Å².